The summed E-state index contributed by atoms with van der Waals surface area (Å²) in [6, 6.07) is 0. The lowest BCUT2D eigenvalue weighted by molar-refractivity contribution is -0.894. The van der Waals surface area contributed by atoms with Gasteiger partial charge in [-0.15, -0.1) is 0 Å². The van der Waals surface area contributed by atoms with E-state index in [0.29, 0.717) is 0 Å². The van der Waals surface area contributed by atoms with E-state index in [1.165, 1.54) is 111 Å². The minimum atomic E-state index is -4.62. The molecule has 9 nitrogen and oxygen atoms in total. The van der Waals surface area contributed by atoms with Gasteiger partial charge in [0.15, 0.2) is 0 Å². The van der Waals surface area contributed by atoms with Crippen molar-refractivity contribution in [3.8, 4) is 0 Å². The summed E-state index contributed by atoms with van der Waals surface area (Å²) in [6.45, 7) is 7.70. The number of rotatable bonds is 4. The molecule has 3 fully saturated rings. The van der Waals surface area contributed by atoms with Crippen LogP contribution in [0.2, 0.25) is 0 Å². The Balaban J connectivity index is 0.000000428. The molecule has 0 atom stereocenters. The van der Waals surface area contributed by atoms with E-state index in [0.717, 1.165) is 0 Å². The number of carbonyl (C=O) groups is 1. The number of carboxylic acids is 1. The molecular formula is C24H53N4O5P. The predicted molar refractivity (Wildman–Crippen MR) is 133 cm³/mol. The molecule has 1 N–H and O–H groups in total. The van der Waals surface area contributed by atoms with Crippen molar-refractivity contribution < 1.29 is 37.7 Å². The fourth-order valence-electron chi connectivity index (χ4n) is 4.40. The number of piperidine rings is 3. The highest BCUT2D eigenvalue weighted by atomic mass is 31.2. The number of nitrogens with one attached hydrogen (secondary N) is 1. The van der Waals surface area contributed by atoms with Gasteiger partial charge in [0.25, 0.3) is 0 Å². The zero-order chi connectivity index (χ0) is 26.3. The first-order valence-corrected chi connectivity index (χ1v) is 14.6. The quantitative estimate of drug-likeness (QED) is 0.420. The van der Waals surface area contributed by atoms with E-state index in [1.54, 1.807) is 0 Å². The van der Waals surface area contributed by atoms with Crippen molar-refractivity contribution in [1.29, 1.82) is 0 Å². The van der Waals surface area contributed by atoms with E-state index in [1.807, 2.05) is 5.32 Å². The number of aliphatic carboxylic acids is 1. The van der Waals surface area contributed by atoms with Crippen LogP contribution in [0.1, 0.15) is 57.8 Å². The molecule has 3 heterocycles. The van der Waals surface area contributed by atoms with Gasteiger partial charge < -0.3 is 43.0 Å². The summed E-state index contributed by atoms with van der Waals surface area (Å²) in [5, 5.41) is 11.5. The van der Waals surface area contributed by atoms with Crippen molar-refractivity contribution in [2.24, 2.45) is 0 Å². The maximum Gasteiger partial charge on any atom is 0.0782 e. The van der Waals surface area contributed by atoms with Crippen LogP contribution in [0.5, 0.6) is 0 Å². The predicted octanol–water partition coefficient (Wildman–Crippen LogP) is -0.0628. The van der Waals surface area contributed by atoms with E-state index in [9.17, 15) is 24.3 Å². The number of carbonyl (C=O) groups excluding carboxylic acids is 1. The molecule has 34 heavy (non-hydrogen) atoms. The topological polar surface area (TPSA) is 115 Å². The van der Waals surface area contributed by atoms with Crippen LogP contribution in [0.25, 0.3) is 0 Å². The van der Waals surface area contributed by atoms with Gasteiger partial charge in [0, 0.05) is 12.8 Å². The van der Waals surface area contributed by atoms with Gasteiger partial charge in [-0.1, -0.05) is 7.60 Å². The van der Waals surface area contributed by atoms with Crippen molar-refractivity contribution in [2.45, 2.75) is 57.8 Å². The van der Waals surface area contributed by atoms with Crippen LogP contribution in [0.3, 0.4) is 0 Å². The van der Waals surface area contributed by atoms with Crippen LogP contribution in [0.15, 0.2) is 0 Å². The zero-order valence-electron chi connectivity index (χ0n) is 22.9. The van der Waals surface area contributed by atoms with Crippen molar-refractivity contribution in [3.05, 3.63) is 0 Å². The van der Waals surface area contributed by atoms with Crippen LogP contribution in [0, 0.1) is 0 Å². The summed E-state index contributed by atoms with van der Waals surface area (Å²) < 4.78 is 13.6. The molecule has 3 aliphatic rings. The molecule has 10 heteroatoms. The van der Waals surface area contributed by atoms with Gasteiger partial charge in [-0.25, -0.2) is 0 Å². The summed E-state index contributed by atoms with van der Waals surface area (Å²) in [5.74, 6) is -1.45. The first-order valence-electron chi connectivity index (χ1n) is 12.9. The number of carboxylic acid groups (broad SMARTS) is 1. The Hall–Kier alpha value is -0.540. The van der Waals surface area contributed by atoms with Crippen LogP contribution >= 0.6 is 7.60 Å². The molecule has 0 saturated carbocycles. The van der Waals surface area contributed by atoms with Crippen molar-refractivity contribution in [1.82, 2.24) is 5.32 Å². The molecule has 0 unspecified atom stereocenters. The molecule has 0 aliphatic carbocycles. The monoisotopic (exact) mass is 508 g/mol. The number of hydrogen-bond acceptors (Lipinski definition) is 6. The van der Waals surface area contributed by atoms with Gasteiger partial charge in [-0.05, 0) is 57.8 Å². The Morgan fingerprint density at radius 1 is 0.647 bits per heavy atom. The molecule has 3 saturated heterocycles. The van der Waals surface area contributed by atoms with Crippen LogP contribution < -0.4 is 20.2 Å². The highest BCUT2D eigenvalue weighted by molar-refractivity contribution is 7.48. The van der Waals surface area contributed by atoms with E-state index in [4.69, 9.17) is 0 Å². The number of hydrogen-bond donors (Lipinski definition) is 1. The van der Waals surface area contributed by atoms with Gasteiger partial charge in [0.2, 0.25) is 0 Å². The third kappa shape index (κ3) is 22.0. The Morgan fingerprint density at radius 3 is 1.06 bits per heavy atom. The lowest BCUT2D eigenvalue weighted by atomic mass is 10.1. The van der Waals surface area contributed by atoms with Gasteiger partial charge in [0.05, 0.1) is 87.5 Å². The third-order valence-electron chi connectivity index (χ3n) is 6.66. The van der Waals surface area contributed by atoms with Crippen molar-refractivity contribution in [2.75, 3.05) is 94.4 Å². The zero-order valence-corrected chi connectivity index (χ0v) is 23.7. The third-order valence-corrected chi connectivity index (χ3v) is 7.27. The SMILES string of the molecule is C[N+]1(C)CCCCC1.C[N+]1(C)CCCCC1.C[N+]1(C)CCCCC1.O=C([O-])CNCP(=O)([O-])[O-]. The molecule has 204 valence electrons. The number of nitrogens with zero attached hydrogens (tertiary/aromatic N) is 3. The average Bonchev–Trinajstić information content (AvgIpc) is 2.67. The lowest BCUT2D eigenvalue weighted by Crippen LogP contribution is -2.43. The highest BCUT2D eigenvalue weighted by Crippen LogP contribution is 2.19. The minimum Gasteiger partial charge on any atom is -0.810 e. The Kier molecular flexibility index (Phi) is 16.0. The fourth-order valence-corrected chi connectivity index (χ4v) is 4.79. The van der Waals surface area contributed by atoms with Gasteiger partial charge in [0.1, 0.15) is 0 Å². The molecule has 0 amide bonds. The van der Waals surface area contributed by atoms with Crippen molar-refractivity contribution >= 4 is 13.6 Å². The smallest absolute Gasteiger partial charge is 0.0782 e. The molecule has 0 aromatic heterocycles. The summed E-state index contributed by atoms with van der Waals surface area (Å²) in [4.78, 5) is 29.2. The molecular weight excluding hydrogens is 455 g/mol. The number of likely N-dealkylation sites (tertiary alicyclic amines) is 3. The molecule has 3 rings (SSSR count). The summed E-state index contributed by atoms with van der Waals surface area (Å²) >= 11 is 0. The van der Waals surface area contributed by atoms with Crippen LogP contribution in [-0.4, -0.2) is 114 Å². The fraction of sp³-hybridized carbons (Fsp3) is 0.958. The molecule has 3 aliphatic heterocycles. The average molecular weight is 509 g/mol. The summed E-state index contributed by atoms with van der Waals surface area (Å²) in [6.07, 6.45) is 12.1. The largest absolute Gasteiger partial charge is 0.810 e. The van der Waals surface area contributed by atoms with Crippen LogP contribution in [0.4, 0.5) is 0 Å². The Morgan fingerprint density at radius 2 is 0.912 bits per heavy atom. The van der Waals surface area contributed by atoms with E-state index >= 15 is 0 Å². The first kappa shape index (κ1) is 33.5. The normalized spacial score (nSPS) is 22.9. The minimum absolute atomic E-state index is 0.630. The van der Waals surface area contributed by atoms with Gasteiger partial charge in [-0.2, -0.15) is 0 Å². The van der Waals surface area contributed by atoms with Crippen molar-refractivity contribution in [3.63, 3.8) is 0 Å². The molecule has 0 bridgehead atoms. The van der Waals surface area contributed by atoms with E-state index < -0.39 is 26.4 Å². The summed E-state index contributed by atoms with van der Waals surface area (Å²) in [7, 11) is 9.29. The van der Waals surface area contributed by atoms with Crippen LogP contribution in [-0.2, 0) is 9.36 Å². The molecule has 0 aromatic rings. The Bertz CT molecular complexity index is 532. The second-order valence-corrected chi connectivity index (χ2v) is 13.4. The maximum absolute atomic E-state index is 9.81. The first-order chi connectivity index (χ1) is 15.5. The summed E-state index contributed by atoms with van der Waals surface area (Å²) in [5.41, 5.74) is 0. The Labute approximate surface area is 209 Å². The molecule has 0 radical (unpaired) electrons. The van der Waals surface area contributed by atoms with E-state index in [-0.39, 0.29) is 0 Å². The second-order valence-electron chi connectivity index (χ2n) is 11.9. The number of quaternary nitrogens is 3. The van der Waals surface area contributed by atoms with Gasteiger partial charge >= 0.3 is 0 Å². The standard InChI is InChI=1S/3C7H16N.C3H8NO5P/c3*1-8(2)6-4-3-5-7-8;5-3(6)1-4-2-10(7,8)9/h3*3-7H2,1-2H3;4H,1-2H2,(H,5,6)(H2,7,8,9)/q3*+1;/p-3. The van der Waals surface area contributed by atoms with Gasteiger partial charge in [-0.3, -0.25) is 0 Å². The molecule has 0 spiro atoms. The lowest BCUT2D eigenvalue weighted by Gasteiger charge is -2.33. The molecule has 0 aromatic carbocycles. The van der Waals surface area contributed by atoms with E-state index in [2.05, 4.69) is 42.3 Å². The second kappa shape index (κ2) is 16.3. The highest BCUT2D eigenvalue weighted by Gasteiger charge is 2.19. The maximum atomic E-state index is 9.81.